The molecule has 2 aromatic rings. The van der Waals surface area contributed by atoms with E-state index in [4.69, 9.17) is 11.6 Å². The summed E-state index contributed by atoms with van der Waals surface area (Å²) >= 11 is 7.32. The van der Waals surface area contributed by atoms with Gasteiger partial charge in [-0.15, -0.1) is 11.3 Å². The molecule has 0 atom stereocenters. The van der Waals surface area contributed by atoms with Gasteiger partial charge >= 0.3 is 0 Å². The maximum absolute atomic E-state index is 13.0. The summed E-state index contributed by atoms with van der Waals surface area (Å²) in [4.78, 5) is 0.881. The predicted octanol–water partition coefficient (Wildman–Crippen LogP) is 3.67. The smallest absolute Gasteiger partial charge is 0.207 e. The van der Waals surface area contributed by atoms with E-state index in [2.05, 4.69) is 0 Å². The third-order valence-corrected chi connectivity index (χ3v) is 6.21. The zero-order valence-electron chi connectivity index (χ0n) is 10.9. The Hall–Kier alpha value is -0.950. The van der Waals surface area contributed by atoms with Gasteiger partial charge in [0, 0.05) is 18.5 Å². The Morgan fingerprint density at radius 2 is 2.05 bits per heavy atom. The van der Waals surface area contributed by atoms with E-state index in [0.717, 1.165) is 22.6 Å². The molecule has 0 N–H and O–H groups in total. The van der Waals surface area contributed by atoms with Crippen LogP contribution in [0.2, 0.25) is 5.02 Å². The Labute approximate surface area is 126 Å². The van der Waals surface area contributed by atoms with Gasteiger partial charge in [0.05, 0.1) is 5.02 Å². The first kappa shape index (κ1) is 15.4. The number of sulfonamides is 1. The molecule has 0 unspecified atom stereocenters. The van der Waals surface area contributed by atoms with Crippen LogP contribution in [-0.4, -0.2) is 19.8 Å². The Morgan fingerprint density at radius 1 is 1.35 bits per heavy atom. The van der Waals surface area contributed by atoms with Gasteiger partial charge in [-0.3, -0.25) is 0 Å². The van der Waals surface area contributed by atoms with E-state index in [1.165, 1.54) is 28.8 Å². The third kappa shape index (κ3) is 3.03. The molecule has 0 bridgehead atoms. The molecule has 0 fully saturated rings. The Balaban J connectivity index is 2.32. The average Bonchev–Trinajstić information content (AvgIpc) is 2.74. The standard InChI is InChI=1S/C13H13ClFNO2S2/c1-9-5-6-19-12(9)8-16(2)20(17,18)13-4-3-10(15)7-11(13)14/h3-7H,8H2,1-2H3. The molecule has 0 aliphatic rings. The van der Waals surface area contributed by atoms with Crippen LogP contribution in [0.4, 0.5) is 4.39 Å². The lowest BCUT2D eigenvalue weighted by molar-refractivity contribution is 0.469. The molecule has 0 amide bonds. The zero-order valence-corrected chi connectivity index (χ0v) is 13.3. The first-order valence-corrected chi connectivity index (χ1v) is 8.46. The molecule has 0 saturated heterocycles. The quantitative estimate of drug-likeness (QED) is 0.856. The number of halogens is 2. The van der Waals surface area contributed by atoms with E-state index in [0.29, 0.717) is 0 Å². The third-order valence-electron chi connectivity index (χ3n) is 2.92. The van der Waals surface area contributed by atoms with Crippen LogP contribution >= 0.6 is 22.9 Å². The highest BCUT2D eigenvalue weighted by molar-refractivity contribution is 7.89. The van der Waals surface area contributed by atoms with Gasteiger partial charge in [0.2, 0.25) is 10.0 Å². The van der Waals surface area contributed by atoms with Gasteiger partial charge in [-0.2, -0.15) is 4.31 Å². The fourth-order valence-electron chi connectivity index (χ4n) is 1.71. The molecule has 0 saturated carbocycles. The molecule has 2 rings (SSSR count). The highest BCUT2D eigenvalue weighted by Crippen LogP contribution is 2.27. The SMILES string of the molecule is Cc1ccsc1CN(C)S(=O)(=O)c1ccc(F)cc1Cl. The topological polar surface area (TPSA) is 37.4 Å². The maximum Gasteiger partial charge on any atom is 0.244 e. The first-order valence-electron chi connectivity index (χ1n) is 5.76. The predicted molar refractivity (Wildman–Crippen MR) is 79.1 cm³/mol. The molecule has 7 heteroatoms. The second kappa shape index (κ2) is 5.81. The van der Waals surface area contributed by atoms with Crippen LogP contribution in [0.3, 0.4) is 0 Å². The summed E-state index contributed by atoms with van der Waals surface area (Å²) in [7, 11) is -2.26. The number of rotatable bonds is 4. The summed E-state index contributed by atoms with van der Waals surface area (Å²) in [6.07, 6.45) is 0. The molecule has 1 heterocycles. The molecule has 1 aromatic carbocycles. The first-order chi connectivity index (χ1) is 9.32. The van der Waals surface area contributed by atoms with Gasteiger partial charge < -0.3 is 0 Å². The number of hydrogen-bond donors (Lipinski definition) is 0. The van der Waals surface area contributed by atoms with Gasteiger partial charge in [0.1, 0.15) is 10.7 Å². The van der Waals surface area contributed by atoms with Crippen LogP contribution in [0.25, 0.3) is 0 Å². The van der Waals surface area contributed by atoms with E-state index in [1.54, 1.807) is 0 Å². The molecule has 0 spiro atoms. The van der Waals surface area contributed by atoms with Crippen molar-refractivity contribution in [2.24, 2.45) is 0 Å². The van der Waals surface area contributed by atoms with Crippen molar-refractivity contribution in [3.63, 3.8) is 0 Å². The Kier molecular flexibility index (Phi) is 4.49. The van der Waals surface area contributed by atoms with Crippen molar-refractivity contribution in [3.05, 3.63) is 50.9 Å². The lowest BCUT2D eigenvalue weighted by Crippen LogP contribution is -2.26. The monoisotopic (exact) mass is 333 g/mol. The van der Waals surface area contributed by atoms with Crippen molar-refractivity contribution < 1.29 is 12.8 Å². The van der Waals surface area contributed by atoms with E-state index in [1.807, 2.05) is 18.4 Å². The van der Waals surface area contributed by atoms with Crippen LogP contribution in [-0.2, 0) is 16.6 Å². The summed E-state index contributed by atoms with van der Waals surface area (Å²) in [5.41, 5.74) is 1.04. The van der Waals surface area contributed by atoms with Crippen LogP contribution < -0.4 is 0 Å². The highest BCUT2D eigenvalue weighted by atomic mass is 35.5. The van der Waals surface area contributed by atoms with Crippen molar-refractivity contribution >= 4 is 33.0 Å². The Morgan fingerprint density at radius 3 is 2.60 bits per heavy atom. The molecular formula is C13H13ClFNO2S2. The van der Waals surface area contributed by atoms with Gasteiger partial charge in [0.15, 0.2) is 0 Å². The number of nitrogens with zero attached hydrogens (tertiary/aromatic N) is 1. The number of benzene rings is 1. The van der Waals surface area contributed by atoms with Crippen molar-refractivity contribution in [3.8, 4) is 0 Å². The number of hydrogen-bond acceptors (Lipinski definition) is 3. The van der Waals surface area contributed by atoms with E-state index in [-0.39, 0.29) is 16.5 Å². The van der Waals surface area contributed by atoms with Crippen LogP contribution in [0, 0.1) is 12.7 Å². The maximum atomic E-state index is 13.0. The highest BCUT2D eigenvalue weighted by Gasteiger charge is 2.24. The van der Waals surface area contributed by atoms with Gasteiger partial charge in [-0.1, -0.05) is 11.6 Å². The lowest BCUT2D eigenvalue weighted by atomic mass is 10.3. The molecule has 20 heavy (non-hydrogen) atoms. The van der Waals surface area contributed by atoms with Crippen LogP contribution in [0.15, 0.2) is 34.5 Å². The van der Waals surface area contributed by atoms with Gasteiger partial charge in [0.25, 0.3) is 0 Å². The minimum Gasteiger partial charge on any atom is -0.207 e. The second-order valence-electron chi connectivity index (χ2n) is 4.36. The van der Waals surface area contributed by atoms with Crippen LogP contribution in [0.1, 0.15) is 10.4 Å². The van der Waals surface area contributed by atoms with Crippen molar-refractivity contribution in [2.75, 3.05) is 7.05 Å². The van der Waals surface area contributed by atoms with E-state index >= 15 is 0 Å². The fourth-order valence-corrected chi connectivity index (χ4v) is 4.39. The molecule has 3 nitrogen and oxygen atoms in total. The summed E-state index contributed by atoms with van der Waals surface area (Å²) in [6, 6.07) is 5.21. The number of aryl methyl sites for hydroxylation is 1. The van der Waals surface area contributed by atoms with Crippen molar-refractivity contribution in [1.82, 2.24) is 4.31 Å². The summed E-state index contributed by atoms with van der Waals surface area (Å²) in [5.74, 6) is -0.564. The molecular weight excluding hydrogens is 321 g/mol. The van der Waals surface area contributed by atoms with Crippen LogP contribution in [0.5, 0.6) is 0 Å². The average molecular weight is 334 g/mol. The van der Waals surface area contributed by atoms with Gasteiger partial charge in [-0.25, -0.2) is 12.8 Å². The summed E-state index contributed by atoms with van der Waals surface area (Å²) in [5, 5.41) is 1.80. The largest absolute Gasteiger partial charge is 0.244 e. The number of thiophene rings is 1. The molecule has 0 aliphatic carbocycles. The molecule has 0 radical (unpaired) electrons. The Bertz CT molecular complexity index is 728. The minimum atomic E-state index is -3.74. The summed E-state index contributed by atoms with van der Waals surface area (Å²) in [6.45, 7) is 2.19. The van der Waals surface area contributed by atoms with E-state index < -0.39 is 15.8 Å². The second-order valence-corrected chi connectivity index (χ2v) is 7.78. The fraction of sp³-hybridized carbons (Fsp3) is 0.231. The van der Waals surface area contributed by atoms with Crippen molar-refractivity contribution in [1.29, 1.82) is 0 Å². The molecule has 1 aromatic heterocycles. The summed E-state index contributed by atoms with van der Waals surface area (Å²) < 4.78 is 39.1. The molecule has 108 valence electrons. The lowest BCUT2D eigenvalue weighted by Gasteiger charge is -2.17. The molecule has 0 aliphatic heterocycles. The van der Waals surface area contributed by atoms with Gasteiger partial charge in [-0.05, 0) is 42.1 Å². The van der Waals surface area contributed by atoms with E-state index in [9.17, 15) is 12.8 Å². The normalized spacial score (nSPS) is 12.1. The minimum absolute atomic E-state index is 0.0859. The van der Waals surface area contributed by atoms with Crippen molar-refractivity contribution in [2.45, 2.75) is 18.4 Å². The zero-order chi connectivity index (χ0) is 14.9.